The molecule has 2 rings (SSSR count). The largest absolute Gasteiger partial charge is 0.348 e. The molecule has 20 heavy (non-hydrogen) atoms. The number of carbonyl (C=O) groups excluding carboxylic acids is 1. The molecule has 1 fully saturated rings. The molecule has 2 atom stereocenters. The topological polar surface area (TPSA) is 33.5 Å². The average molecular weight is 275 g/mol. The van der Waals surface area contributed by atoms with Crippen molar-refractivity contribution in [3.8, 4) is 0 Å². The van der Waals surface area contributed by atoms with E-state index < -0.39 is 0 Å². The van der Waals surface area contributed by atoms with Gasteiger partial charge in [-0.25, -0.2) is 0 Å². The van der Waals surface area contributed by atoms with Crippen LogP contribution in [0.3, 0.4) is 0 Å². The van der Waals surface area contributed by atoms with Gasteiger partial charge in [-0.1, -0.05) is 38.1 Å². The maximum Gasteiger partial charge on any atom is 0.278 e. The lowest BCUT2D eigenvalue weighted by atomic mass is 10.0. The van der Waals surface area contributed by atoms with E-state index in [4.69, 9.17) is 0 Å². The predicted molar refractivity (Wildman–Crippen MR) is 81.7 cm³/mol. The van der Waals surface area contributed by atoms with E-state index in [2.05, 4.69) is 50.5 Å². The molecule has 3 nitrogen and oxygen atoms in total. The second-order valence-electron chi connectivity index (χ2n) is 6.42. The van der Waals surface area contributed by atoms with Crippen LogP contribution in [0, 0.1) is 0 Å². The highest BCUT2D eigenvalue weighted by atomic mass is 16.2. The van der Waals surface area contributed by atoms with Crippen molar-refractivity contribution in [1.29, 1.82) is 0 Å². The lowest BCUT2D eigenvalue weighted by Gasteiger charge is -2.21. The highest BCUT2D eigenvalue weighted by molar-refractivity contribution is 5.80. The summed E-state index contributed by atoms with van der Waals surface area (Å²) in [6, 6.07) is 9.21. The fourth-order valence-electron chi connectivity index (χ4n) is 2.27. The van der Waals surface area contributed by atoms with Gasteiger partial charge in [0.15, 0.2) is 6.04 Å². The van der Waals surface area contributed by atoms with Crippen LogP contribution >= 0.6 is 0 Å². The maximum atomic E-state index is 12.0. The molecule has 1 aromatic rings. The van der Waals surface area contributed by atoms with Crippen LogP contribution in [0.4, 0.5) is 0 Å². The number of nitrogens with one attached hydrogen (secondary N) is 2. The zero-order valence-electron chi connectivity index (χ0n) is 13.1. The molecule has 1 aliphatic carbocycles. The van der Waals surface area contributed by atoms with Crippen LogP contribution in [0.1, 0.15) is 50.7 Å². The van der Waals surface area contributed by atoms with Gasteiger partial charge >= 0.3 is 0 Å². The van der Waals surface area contributed by atoms with E-state index in [1.54, 1.807) is 0 Å². The van der Waals surface area contributed by atoms with Gasteiger partial charge in [0.1, 0.15) is 6.54 Å². The normalized spacial score (nSPS) is 17.9. The summed E-state index contributed by atoms with van der Waals surface area (Å²) in [5.74, 6) is 0.751. The molecule has 3 heteroatoms. The molecule has 0 aliphatic heterocycles. The third-order valence-corrected chi connectivity index (χ3v) is 4.19. The van der Waals surface area contributed by atoms with Gasteiger partial charge in [0, 0.05) is 11.6 Å². The Balaban J connectivity index is 1.88. The summed E-state index contributed by atoms with van der Waals surface area (Å²) in [6.07, 6.45) is 2.29. The van der Waals surface area contributed by atoms with Crippen molar-refractivity contribution in [2.24, 2.45) is 0 Å². The summed E-state index contributed by atoms with van der Waals surface area (Å²) in [6.45, 7) is 7.31. The number of hydrogen-bond acceptors (Lipinski definition) is 1. The smallest absolute Gasteiger partial charge is 0.278 e. The van der Waals surface area contributed by atoms with Crippen molar-refractivity contribution < 1.29 is 9.69 Å². The summed E-state index contributed by atoms with van der Waals surface area (Å²) in [7, 11) is 2.09. The van der Waals surface area contributed by atoms with Crippen molar-refractivity contribution >= 4 is 5.91 Å². The summed E-state index contributed by atoms with van der Waals surface area (Å²) < 4.78 is 0. The number of amides is 1. The van der Waals surface area contributed by atoms with E-state index in [1.165, 1.54) is 16.0 Å². The average Bonchev–Trinajstić information content (AvgIpc) is 3.22. The summed E-state index contributed by atoms with van der Waals surface area (Å²) in [4.78, 5) is 13.3. The molecule has 0 aromatic heterocycles. The van der Waals surface area contributed by atoms with Crippen LogP contribution in [-0.4, -0.2) is 25.0 Å². The van der Waals surface area contributed by atoms with Crippen molar-refractivity contribution in [2.45, 2.75) is 58.2 Å². The Kier molecular flexibility index (Phi) is 4.81. The predicted octanol–water partition coefficient (Wildman–Crippen LogP) is 1.49. The third-order valence-electron chi connectivity index (χ3n) is 4.19. The molecule has 0 heterocycles. The molecule has 110 valence electrons. The number of benzene rings is 1. The van der Waals surface area contributed by atoms with Gasteiger partial charge in [0.05, 0.1) is 7.05 Å². The van der Waals surface area contributed by atoms with Crippen LogP contribution in [0.5, 0.6) is 0 Å². The minimum Gasteiger partial charge on any atom is -0.348 e. The quantitative estimate of drug-likeness (QED) is 0.810. The van der Waals surface area contributed by atoms with E-state index in [1.807, 2.05) is 6.92 Å². The van der Waals surface area contributed by atoms with Crippen LogP contribution in [0.2, 0.25) is 0 Å². The minimum absolute atomic E-state index is 0.000347. The first kappa shape index (κ1) is 15.0. The fraction of sp³-hybridized carbons (Fsp3) is 0.588. The lowest BCUT2D eigenvalue weighted by molar-refractivity contribution is -0.908. The Bertz CT molecular complexity index is 449. The highest BCUT2D eigenvalue weighted by Crippen LogP contribution is 2.18. The molecule has 1 aliphatic rings. The number of carbonyl (C=O) groups is 1. The van der Waals surface area contributed by atoms with Crippen molar-refractivity contribution in [2.75, 3.05) is 7.05 Å². The summed E-state index contributed by atoms with van der Waals surface area (Å²) in [5.41, 5.74) is 2.66. The van der Waals surface area contributed by atoms with E-state index in [0.717, 1.165) is 19.4 Å². The second-order valence-corrected chi connectivity index (χ2v) is 6.42. The molecule has 0 saturated heterocycles. The summed E-state index contributed by atoms with van der Waals surface area (Å²) >= 11 is 0. The Morgan fingerprint density at radius 1 is 1.25 bits per heavy atom. The van der Waals surface area contributed by atoms with E-state index >= 15 is 0 Å². The Morgan fingerprint density at radius 2 is 1.85 bits per heavy atom. The van der Waals surface area contributed by atoms with Gasteiger partial charge in [-0.3, -0.25) is 4.79 Å². The Hall–Kier alpha value is -1.35. The molecule has 2 N–H and O–H groups in total. The molecule has 1 saturated carbocycles. The monoisotopic (exact) mass is 275 g/mol. The van der Waals surface area contributed by atoms with Crippen LogP contribution < -0.4 is 10.2 Å². The van der Waals surface area contributed by atoms with Gasteiger partial charge < -0.3 is 10.2 Å². The number of hydrogen-bond donors (Lipinski definition) is 2. The van der Waals surface area contributed by atoms with Gasteiger partial charge in [0.25, 0.3) is 5.91 Å². The zero-order valence-corrected chi connectivity index (χ0v) is 13.1. The number of quaternary nitrogens is 1. The van der Waals surface area contributed by atoms with Gasteiger partial charge in [-0.05, 0) is 31.2 Å². The summed E-state index contributed by atoms with van der Waals surface area (Å²) in [5, 5.41) is 3.08. The molecule has 1 unspecified atom stereocenters. The molecule has 0 radical (unpaired) electrons. The number of likely N-dealkylation sites (N-methyl/N-ethyl adjacent to an activating group) is 1. The van der Waals surface area contributed by atoms with E-state index in [-0.39, 0.29) is 11.9 Å². The second kappa shape index (κ2) is 6.40. The van der Waals surface area contributed by atoms with Crippen LogP contribution in [0.25, 0.3) is 0 Å². The number of rotatable bonds is 6. The first-order chi connectivity index (χ1) is 9.47. The van der Waals surface area contributed by atoms with Gasteiger partial charge in [-0.2, -0.15) is 0 Å². The SMILES string of the molecule is CC(C)c1ccc(C[NH+](C)[C@H](C)C(=O)NC2CC2)cc1. The molecule has 0 spiro atoms. The Labute approximate surface area is 122 Å². The molecule has 1 amide bonds. The minimum atomic E-state index is 0.000347. The third kappa shape index (κ3) is 4.07. The zero-order chi connectivity index (χ0) is 14.7. The maximum absolute atomic E-state index is 12.0. The fourth-order valence-corrected chi connectivity index (χ4v) is 2.27. The van der Waals surface area contributed by atoms with Crippen molar-refractivity contribution in [1.82, 2.24) is 5.32 Å². The highest BCUT2D eigenvalue weighted by Gasteiger charge is 2.29. The lowest BCUT2D eigenvalue weighted by Crippen LogP contribution is -3.12. The first-order valence-corrected chi connectivity index (χ1v) is 7.69. The Morgan fingerprint density at radius 3 is 2.35 bits per heavy atom. The van der Waals surface area contributed by atoms with Crippen molar-refractivity contribution in [3.63, 3.8) is 0 Å². The molecular weight excluding hydrogens is 248 g/mol. The molecule has 1 aromatic carbocycles. The van der Waals surface area contributed by atoms with E-state index in [9.17, 15) is 4.79 Å². The van der Waals surface area contributed by atoms with E-state index in [0.29, 0.717) is 12.0 Å². The van der Waals surface area contributed by atoms with Gasteiger partial charge in [-0.15, -0.1) is 0 Å². The van der Waals surface area contributed by atoms with Crippen LogP contribution in [0.15, 0.2) is 24.3 Å². The van der Waals surface area contributed by atoms with Crippen molar-refractivity contribution in [3.05, 3.63) is 35.4 Å². The first-order valence-electron chi connectivity index (χ1n) is 7.69. The standard InChI is InChI=1S/C17H26N2O/c1-12(2)15-7-5-14(6-8-15)11-19(4)13(3)17(20)18-16-9-10-16/h5-8,12-13,16H,9-11H2,1-4H3,(H,18,20)/p+1/t13-/m1/s1. The molecule has 0 bridgehead atoms. The van der Waals surface area contributed by atoms with Gasteiger partial charge in [0.2, 0.25) is 0 Å². The molecular formula is C17H27N2O+. The van der Waals surface area contributed by atoms with Crippen LogP contribution in [-0.2, 0) is 11.3 Å².